The Bertz CT molecular complexity index is 201. The van der Waals surface area contributed by atoms with E-state index in [4.69, 9.17) is 15.2 Å². The van der Waals surface area contributed by atoms with Crippen molar-refractivity contribution in [3.63, 3.8) is 0 Å². The molecule has 0 bridgehead atoms. The number of nitrogens with one attached hydrogen (secondary N) is 1. The summed E-state index contributed by atoms with van der Waals surface area (Å²) in [6, 6.07) is 0. The summed E-state index contributed by atoms with van der Waals surface area (Å²) < 4.78 is 10.3. The molecule has 0 atom stereocenters. The van der Waals surface area contributed by atoms with Crippen LogP contribution in [-0.2, 0) is 9.47 Å². The maximum Gasteiger partial charge on any atom is 0.188 e. The van der Waals surface area contributed by atoms with Gasteiger partial charge in [0, 0.05) is 7.05 Å². The third-order valence-electron chi connectivity index (χ3n) is 1.39. The van der Waals surface area contributed by atoms with E-state index in [-0.39, 0.29) is 0 Å². The maximum absolute atomic E-state index is 5.41. The average Bonchev–Trinajstić information content (AvgIpc) is 2.16. The van der Waals surface area contributed by atoms with Crippen LogP contribution in [0, 0.1) is 0 Å². The molecule has 0 aromatic heterocycles. The summed E-state index contributed by atoms with van der Waals surface area (Å²) in [6.45, 7) is 1.72. The molecule has 0 saturated heterocycles. The summed E-state index contributed by atoms with van der Waals surface area (Å²) in [5, 5.41) is 2.86. The van der Waals surface area contributed by atoms with Crippen molar-refractivity contribution >= 4 is 5.96 Å². The molecule has 12 heavy (non-hydrogen) atoms. The van der Waals surface area contributed by atoms with Crippen molar-refractivity contribution in [1.29, 1.82) is 0 Å². The second kappa shape index (κ2) is 4.48. The highest BCUT2D eigenvalue weighted by Crippen LogP contribution is 2.01. The van der Waals surface area contributed by atoms with Gasteiger partial charge in [0.1, 0.15) is 25.2 Å². The topological polar surface area (TPSA) is 68.9 Å². The Labute approximate surface area is 71.2 Å². The first-order valence-corrected chi connectivity index (χ1v) is 3.72. The fraction of sp³-hybridized carbons (Fsp3) is 0.571. The third kappa shape index (κ3) is 2.69. The summed E-state index contributed by atoms with van der Waals surface area (Å²) in [5.74, 6) is 1.14. The molecule has 0 aromatic carbocycles. The number of hydrogen-bond acceptors (Lipinski definition) is 3. The lowest BCUT2D eigenvalue weighted by molar-refractivity contribution is 0.0823. The number of nitrogens with two attached hydrogens (primary N) is 1. The van der Waals surface area contributed by atoms with Crippen LogP contribution in [0.2, 0.25) is 0 Å². The zero-order chi connectivity index (χ0) is 8.81. The smallest absolute Gasteiger partial charge is 0.188 e. The van der Waals surface area contributed by atoms with E-state index in [0.717, 1.165) is 5.76 Å². The molecule has 0 spiro atoms. The second-order valence-corrected chi connectivity index (χ2v) is 2.27. The zero-order valence-corrected chi connectivity index (χ0v) is 7.04. The number of hydrogen-bond donors (Lipinski definition) is 2. The Morgan fingerprint density at radius 2 is 2.58 bits per heavy atom. The van der Waals surface area contributed by atoms with Gasteiger partial charge in [0.25, 0.3) is 0 Å². The van der Waals surface area contributed by atoms with E-state index < -0.39 is 0 Å². The van der Waals surface area contributed by atoms with E-state index in [2.05, 4.69) is 10.3 Å². The third-order valence-corrected chi connectivity index (χ3v) is 1.39. The Kier molecular flexibility index (Phi) is 3.25. The van der Waals surface area contributed by atoms with Crippen LogP contribution in [0.25, 0.3) is 0 Å². The molecule has 0 amide bonds. The van der Waals surface area contributed by atoms with Gasteiger partial charge in [-0.1, -0.05) is 0 Å². The van der Waals surface area contributed by atoms with Crippen LogP contribution < -0.4 is 11.1 Å². The molecule has 0 unspecified atom stereocenters. The highest BCUT2D eigenvalue weighted by atomic mass is 16.6. The van der Waals surface area contributed by atoms with Crippen LogP contribution in [-0.4, -0.2) is 32.8 Å². The number of nitrogens with zero attached hydrogens (tertiary/aromatic N) is 1. The standard InChI is InChI=1S/C7H13N3O2/c1-9-7(8)10-4-6-5-11-2-3-12-6/h5H,2-4H2,1H3,(H3,8,9,10). The van der Waals surface area contributed by atoms with E-state index in [1.54, 1.807) is 13.3 Å². The Morgan fingerprint density at radius 1 is 1.75 bits per heavy atom. The van der Waals surface area contributed by atoms with Crippen molar-refractivity contribution in [2.24, 2.45) is 10.7 Å². The highest BCUT2D eigenvalue weighted by molar-refractivity contribution is 5.77. The quantitative estimate of drug-likeness (QED) is 0.430. The Morgan fingerprint density at radius 3 is 3.17 bits per heavy atom. The van der Waals surface area contributed by atoms with E-state index in [1.165, 1.54) is 0 Å². The van der Waals surface area contributed by atoms with Crippen molar-refractivity contribution in [2.75, 3.05) is 26.8 Å². The normalized spacial score (nSPS) is 17.4. The Hall–Kier alpha value is -1.39. The van der Waals surface area contributed by atoms with Crippen molar-refractivity contribution in [1.82, 2.24) is 5.32 Å². The number of guanidine groups is 1. The first-order chi connectivity index (χ1) is 5.83. The minimum Gasteiger partial charge on any atom is -0.494 e. The molecular weight excluding hydrogens is 158 g/mol. The van der Waals surface area contributed by atoms with Crippen LogP contribution in [0.5, 0.6) is 0 Å². The van der Waals surface area contributed by atoms with Crippen molar-refractivity contribution in [2.45, 2.75) is 0 Å². The molecule has 1 aliphatic rings. The minimum atomic E-state index is 0.394. The van der Waals surface area contributed by atoms with Gasteiger partial charge in [-0.2, -0.15) is 0 Å². The molecule has 1 heterocycles. The molecular formula is C7H13N3O2. The molecule has 5 heteroatoms. The fourth-order valence-corrected chi connectivity index (χ4v) is 0.756. The predicted octanol–water partition coefficient (Wildman–Crippen LogP) is -0.591. The van der Waals surface area contributed by atoms with E-state index in [0.29, 0.717) is 25.7 Å². The van der Waals surface area contributed by atoms with Gasteiger partial charge in [-0.3, -0.25) is 4.99 Å². The molecule has 0 saturated carbocycles. The first kappa shape index (κ1) is 8.70. The summed E-state index contributed by atoms with van der Waals surface area (Å²) in [7, 11) is 1.62. The van der Waals surface area contributed by atoms with Crippen molar-refractivity contribution in [3.05, 3.63) is 12.0 Å². The van der Waals surface area contributed by atoms with E-state index >= 15 is 0 Å². The van der Waals surface area contributed by atoms with Gasteiger partial charge in [-0.25, -0.2) is 0 Å². The lowest BCUT2D eigenvalue weighted by Gasteiger charge is -2.15. The molecule has 0 aliphatic carbocycles. The zero-order valence-electron chi connectivity index (χ0n) is 7.04. The molecule has 3 N–H and O–H groups in total. The lowest BCUT2D eigenvalue weighted by Crippen LogP contribution is -2.33. The first-order valence-electron chi connectivity index (χ1n) is 3.72. The van der Waals surface area contributed by atoms with Gasteiger partial charge in [0.2, 0.25) is 0 Å². The molecule has 5 nitrogen and oxygen atoms in total. The lowest BCUT2D eigenvalue weighted by atomic mass is 10.5. The number of rotatable bonds is 2. The molecule has 1 rings (SSSR count). The van der Waals surface area contributed by atoms with Crippen LogP contribution in [0.3, 0.4) is 0 Å². The largest absolute Gasteiger partial charge is 0.494 e. The summed E-state index contributed by atoms with van der Waals surface area (Å²) in [6.07, 6.45) is 1.58. The molecule has 68 valence electrons. The van der Waals surface area contributed by atoms with Gasteiger partial charge in [-0.05, 0) is 0 Å². The van der Waals surface area contributed by atoms with Gasteiger partial charge in [0.15, 0.2) is 5.96 Å². The van der Waals surface area contributed by atoms with E-state index in [1.807, 2.05) is 0 Å². The van der Waals surface area contributed by atoms with Crippen LogP contribution >= 0.6 is 0 Å². The van der Waals surface area contributed by atoms with Gasteiger partial charge >= 0.3 is 0 Å². The van der Waals surface area contributed by atoms with Crippen LogP contribution in [0.4, 0.5) is 0 Å². The van der Waals surface area contributed by atoms with Gasteiger partial charge in [-0.15, -0.1) is 0 Å². The monoisotopic (exact) mass is 171 g/mol. The van der Waals surface area contributed by atoms with Crippen molar-refractivity contribution < 1.29 is 9.47 Å². The van der Waals surface area contributed by atoms with Crippen molar-refractivity contribution in [3.8, 4) is 0 Å². The van der Waals surface area contributed by atoms with Crippen LogP contribution in [0.1, 0.15) is 0 Å². The number of ether oxygens (including phenoxy) is 2. The average molecular weight is 171 g/mol. The SMILES string of the molecule is CN=C(N)NCC1=COCCO1. The minimum absolute atomic E-state index is 0.394. The highest BCUT2D eigenvalue weighted by Gasteiger charge is 2.04. The number of aliphatic imine (C=N–C) groups is 1. The van der Waals surface area contributed by atoms with E-state index in [9.17, 15) is 0 Å². The van der Waals surface area contributed by atoms with Gasteiger partial charge in [0.05, 0.1) is 6.54 Å². The molecule has 0 fully saturated rings. The summed E-state index contributed by atoms with van der Waals surface area (Å²) >= 11 is 0. The van der Waals surface area contributed by atoms with Gasteiger partial charge < -0.3 is 20.5 Å². The molecule has 0 radical (unpaired) electrons. The second-order valence-electron chi connectivity index (χ2n) is 2.27. The molecule has 0 aromatic rings. The Balaban J connectivity index is 2.26. The maximum atomic E-state index is 5.41. The fourth-order valence-electron chi connectivity index (χ4n) is 0.756. The molecule has 1 aliphatic heterocycles. The predicted molar refractivity (Wildman–Crippen MR) is 45.5 cm³/mol. The summed E-state index contributed by atoms with van der Waals surface area (Å²) in [4.78, 5) is 3.73. The summed E-state index contributed by atoms with van der Waals surface area (Å²) in [5.41, 5.74) is 5.41. The van der Waals surface area contributed by atoms with Crippen LogP contribution in [0.15, 0.2) is 17.0 Å².